The second-order valence-corrected chi connectivity index (χ2v) is 6.09. The fraction of sp³-hybridized carbons (Fsp3) is 0.100. The highest BCUT2D eigenvalue weighted by Gasteiger charge is 2.13. The molecule has 3 aromatic carbocycles. The summed E-state index contributed by atoms with van der Waals surface area (Å²) < 4.78 is 5.52. The summed E-state index contributed by atoms with van der Waals surface area (Å²) in [5.74, 6) is 0.0525. The number of hydrogen-bond donors (Lipinski definition) is 4. The lowest BCUT2D eigenvalue weighted by Crippen LogP contribution is -2.43. The molecule has 0 atom stereocenters. The van der Waals surface area contributed by atoms with Gasteiger partial charge in [0.25, 0.3) is 5.91 Å². The van der Waals surface area contributed by atoms with Crippen molar-refractivity contribution in [2.75, 3.05) is 11.9 Å². The first-order chi connectivity index (χ1) is 13.1. The lowest BCUT2D eigenvalue weighted by atomic mass is 10.1. The Hall–Kier alpha value is -3.32. The van der Waals surface area contributed by atoms with Crippen molar-refractivity contribution in [2.45, 2.75) is 6.92 Å². The number of carbonyl (C=O) groups is 1. The van der Waals surface area contributed by atoms with Gasteiger partial charge in [0.15, 0.2) is 5.11 Å². The van der Waals surface area contributed by atoms with Crippen LogP contribution in [0.4, 0.5) is 5.69 Å². The molecule has 0 aliphatic rings. The zero-order chi connectivity index (χ0) is 19.2. The zero-order valence-electron chi connectivity index (χ0n) is 14.7. The Labute approximate surface area is 162 Å². The lowest BCUT2D eigenvalue weighted by molar-refractivity contribution is 0.0941. The van der Waals surface area contributed by atoms with Crippen molar-refractivity contribution in [3.63, 3.8) is 0 Å². The van der Waals surface area contributed by atoms with Crippen molar-refractivity contribution < 1.29 is 14.6 Å². The van der Waals surface area contributed by atoms with Crippen LogP contribution in [0.15, 0.2) is 60.7 Å². The minimum atomic E-state index is -0.500. The van der Waals surface area contributed by atoms with Crippen molar-refractivity contribution in [2.24, 2.45) is 0 Å². The number of nitrogens with one attached hydrogen (secondary N) is 3. The van der Waals surface area contributed by atoms with Crippen LogP contribution in [0, 0.1) is 0 Å². The van der Waals surface area contributed by atoms with Gasteiger partial charge in [0.2, 0.25) is 0 Å². The average molecular weight is 381 g/mol. The van der Waals surface area contributed by atoms with E-state index in [1.165, 1.54) is 0 Å². The molecular weight excluding hydrogens is 362 g/mol. The van der Waals surface area contributed by atoms with Crippen molar-refractivity contribution >= 4 is 39.7 Å². The smallest absolute Gasteiger partial charge is 0.273 e. The van der Waals surface area contributed by atoms with E-state index in [0.717, 1.165) is 10.8 Å². The standard InChI is InChI=1S/C20H19N3O3S/c1-2-26-18-10-6-5-9-16(18)21-20(27)23-22-19(25)15-11-13-7-3-4-8-14(13)12-17(15)24/h3-12,24H,2H2,1H3,(H,22,25)(H2,21,23,27). The molecule has 0 aliphatic heterocycles. The number of thiocarbonyl (C=S) groups is 1. The molecule has 138 valence electrons. The van der Waals surface area contributed by atoms with Crippen molar-refractivity contribution in [3.8, 4) is 11.5 Å². The molecule has 0 saturated carbocycles. The maximum atomic E-state index is 12.4. The first kappa shape index (κ1) is 18.5. The van der Waals surface area contributed by atoms with Crippen LogP contribution in [0.5, 0.6) is 11.5 Å². The highest BCUT2D eigenvalue weighted by Crippen LogP contribution is 2.25. The van der Waals surface area contributed by atoms with Gasteiger partial charge in [0.1, 0.15) is 11.5 Å². The molecule has 4 N–H and O–H groups in total. The minimum Gasteiger partial charge on any atom is -0.507 e. The summed E-state index contributed by atoms with van der Waals surface area (Å²) in [4.78, 5) is 12.4. The van der Waals surface area contributed by atoms with Crippen LogP contribution >= 0.6 is 12.2 Å². The average Bonchev–Trinajstić information content (AvgIpc) is 2.67. The van der Waals surface area contributed by atoms with Gasteiger partial charge >= 0.3 is 0 Å². The fourth-order valence-electron chi connectivity index (χ4n) is 2.60. The van der Waals surface area contributed by atoms with Crippen molar-refractivity contribution in [1.82, 2.24) is 10.9 Å². The summed E-state index contributed by atoms with van der Waals surface area (Å²) in [5.41, 5.74) is 5.94. The van der Waals surface area contributed by atoms with Gasteiger partial charge in [-0.05, 0) is 54.2 Å². The van der Waals surface area contributed by atoms with Crippen LogP contribution in [-0.4, -0.2) is 22.7 Å². The Morgan fingerprint density at radius 2 is 1.70 bits per heavy atom. The largest absolute Gasteiger partial charge is 0.507 e. The Balaban J connectivity index is 1.65. The Kier molecular flexibility index (Phi) is 5.73. The van der Waals surface area contributed by atoms with E-state index in [1.54, 1.807) is 12.1 Å². The van der Waals surface area contributed by atoms with E-state index in [-0.39, 0.29) is 16.4 Å². The number of phenols is 1. The molecule has 0 radical (unpaired) electrons. The van der Waals surface area contributed by atoms with Gasteiger partial charge < -0.3 is 15.2 Å². The highest BCUT2D eigenvalue weighted by molar-refractivity contribution is 7.80. The molecule has 0 saturated heterocycles. The zero-order valence-corrected chi connectivity index (χ0v) is 15.5. The third-order valence-corrected chi connectivity index (χ3v) is 4.04. The first-order valence-electron chi connectivity index (χ1n) is 8.39. The number of rotatable bonds is 4. The maximum Gasteiger partial charge on any atom is 0.273 e. The minimum absolute atomic E-state index is 0.103. The van der Waals surface area contributed by atoms with Crippen LogP contribution < -0.4 is 20.9 Å². The van der Waals surface area contributed by atoms with Gasteiger partial charge in [0, 0.05) is 0 Å². The third-order valence-electron chi connectivity index (χ3n) is 3.83. The molecule has 0 spiro atoms. The topological polar surface area (TPSA) is 82.6 Å². The molecule has 7 heteroatoms. The Bertz CT molecular complexity index is 991. The molecule has 3 aromatic rings. The lowest BCUT2D eigenvalue weighted by Gasteiger charge is -2.15. The fourth-order valence-corrected chi connectivity index (χ4v) is 2.76. The molecule has 3 rings (SSSR count). The van der Waals surface area contributed by atoms with E-state index >= 15 is 0 Å². The molecule has 0 unspecified atom stereocenters. The molecule has 0 bridgehead atoms. The quantitative estimate of drug-likeness (QED) is 0.409. The number of hydrazine groups is 1. The first-order valence-corrected chi connectivity index (χ1v) is 8.80. The normalized spacial score (nSPS) is 10.3. The second kappa shape index (κ2) is 8.37. The van der Waals surface area contributed by atoms with Crippen molar-refractivity contribution in [1.29, 1.82) is 0 Å². The van der Waals surface area contributed by atoms with E-state index in [4.69, 9.17) is 17.0 Å². The third kappa shape index (κ3) is 4.45. The molecular formula is C20H19N3O3S. The number of amides is 1. The Morgan fingerprint density at radius 1 is 1.04 bits per heavy atom. The van der Waals surface area contributed by atoms with Crippen LogP contribution in [-0.2, 0) is 0 Å². The number of phenolic OH excluding ortho intramolecular Hbond substituents is 1. The molecule has 27 heavy (non-hydrogen) atoms. The van der Waals surface area contributed by atoms with E-state index in [0.29, 0.717) is 18.0 Å². The molecule has 0 aliphatic carbocycles. The number of carbonyl (C=O) groups excluding carboxylic acids is 1. The number of benzene rings is 3. The molecule has 0 heterocycles. The van der Waals surface area contributed by atoms with E-state index in [1.807, 2.05) is 55.5 Å². The number of ether oxygens (including phenoxy) is 1. The number of hydrogen-bond acceptors (Lipinski definition) is 4. The number of fused-ring (bicyclic) bond motifs is 1. The predicted octanol–water partition coefficient (Wildman–Crippen LogP) is 3.58. The van der Waals surface area contributed by atoms with Gasteiger partial charge in [-0.25, -0.2) is 0 Å². The molecule has 6 nitrogen and oxygen atoms in total. The summed E-state index contributed by atoms with van der Waals surface area (Å²) in [7, 11) is 0. The summed E-state index contributed by atoms with van der Waals surface area (Å²) in [6.07, 6.45) is 0. The van der Waals surface area contributed by atoms with Gasteiger partial charge in [-0.2, -0.15) is 0 Å². The van der Waals surface area contributed by atoms with Crippen LogP contribution in [0.25, 0.3) is 10.8 Å². The SMILES string of the molecule is CCOc1ccccc1NC(=S)NNC(=O)c1cc2ccccc2cc1O. The number of aromatic hydroxyl groups is 1. The predicted molar refractivity (Wildman–Crippen MR) is 110 cm³/mol. The number of para-hydroxylation sites is 2. The molecule has 0 fully saturated rings. The summed E-state index contributed by atoms with van der Waals surface area (Å²) in [6.45, 7) is 2.42. The maximum absolute atomic E-state index is 12.4. The van der Waals surface area contributed by atoms with Crippen LogP contribution in [0.3, 0.4) is 0 Å². The highest BCUT2D eigenvalue weighted by atomic mass is 32.1. The van der Waals surface area contributed by atoms with Crippen LogP contribution in [0.2, 0.25) is 0 Å². The summed E-state index contributed by atoms with van der Waals surface area (Å²) in [6, 6.07) is 18.0. The summed E-state index contributed by atoms with van der Waals surface area (Å²) in [5, 5.41) is 15.0. The molecule has 0 aromatic heterocycles. The van der Waals surface area contributed by atoms with Gasteiger partial charge in [-0.3, -0.25) is 15.6 Å². The van der Waals surface area contributed by atoms with E-state index in [2.05, 4.69) is 16.2 Å². The monoisotopic (exact) mass is 381 g/mol. The summed E-state index contributed by atoms with van der Waals surface area (Å²) >= 11 is 5.20. The van der Waals surface area contributed by atoms with E-state index in [9.17, 15) is 9.90 Å². The number of anilines is 1. The van der Waals surface area contributed by atoms with Crippen LogP contribution in [0.1, 0.15) is 17.3 Å². The van der Waals surface area contributed by atoms with Gasteiger partial charge in [0.05, 0.1) is 17.9 Å². The van der Waals surface area contributed by atoms with Gasteiger partial charge in [-0.1, -0.05) is 36.4 Å². The Morgan fingerprint density at radius 3 is 2.44 bits per heavy atom. The van der Waals surface area contributed by atoms with Gasteiger partial charge in [-0.15, -0.1) is 0 Å². The molecule has 1 amide bonds. The van der Waals surface area contributed by atoms with E-state index < -0.39 is 5.91 Å². The second-order valence-electron chi connectivity index (χ2n) is 5.68. The van der Waals surface area contributed by atoms with Crippen molar-refractivity contribution in [3.05, 3.63) is 66.2 Å².